The van der Waals surface area contributed by atoms with Crippen LogP contribution >= 0.6 is 0 Å². The zero-order valence-corrected chi connectivity index (χ0v) is 9.39. The first-order valence-corrected chi connectivity index (χ1v) is 6.07. The van der Waals surface area contributed by atoms with Crippen molar-refractivity contribution in [2.75, 3.05) is 5.73 Å². The van der Waals surface area contributed by atoms with Crippen molar-refractivity contribution in [2.24, 2.45) is 0 Å². The van der Waals surface area contributed by atoms with Gasteiger partial charge in [0.15, 0.2) is 0 Å². The first-order valence-electron chi connectivity index (χ1n) is 6.07. The van der Waals surface area contributed by atoms with Crippen LogP contribution in [0, 0.1) is 0 Å². The van der Waals surface area contributed by atoms with Crippen LogP contribution in [0.15, 0.2) is 24.4 Å². The molecular weight excluding hydrogens is 198 g/mol. The van der Waals surface area contributed by atoms with Crippen molar-refractivity contribution in [1.29, 1.82) is 0 Å². The Morgan fingerprint density at radius 1 is 1.19 bits per heavy atom. The molecule has 0 atom stereocenters. The van der Waals surface area contributed by atoms with Crippen molar-refractivity contribution >= 4 is 16.6 Å². The number of nitrogens with zero attached hydrogens (tertiary/aromatic N) is 2. The lowest BCUT2D eigenvalue weighted by atomic mass is 9.96. The second-order valence-corrected chi connectivity index (χ2v) is 4.72. The van der Waals surface area contributed by atoms with E-state index in [4.69, 9.17) is 5.73 Å². The van der Waals surface area contributed by atoms with Crippen LogP contribution < -0.4 is 5.73 Å². The monoisotopic (exact) mass is 215 g/mol. The predicted molar refractivity (Wildman–Crippen MR) is 66.3 cm³/mol. The molecule has 0 saturated heterocycles. The molecule has 1 aromatic carbocycles. The summed E-state index contributed by atoms with van der Waals surface area (Å²) in [5.74, 6) is 0. The average Bonchev–Trinajstić information content (AvgIpc) is 2.73. The summed E-state index contributed by atoms with van der Waals surface area (Å²) in [6, 6.07) is 6.52. The van der Waals surface area contributed by atoms with Crippen molar-refractivity contribution in [3.8, 4) is 0 Å². The summed E-state index contributed by atoms with van der Waals surface area (Å²) in [4.78, 5) is 0. The number of anilines is 1. The Morgan fingerprint density at radius 3 is 2.81 bits per heavy atom. The van der Waals surface area contributed by atoms with E-state index in [-0.39, 0.29) is 0 Å². The SMILES string of the molecule is Nc1ccc2nn(C3CCCCC3)cc2c1. The number of nitrogens with two attached hydrogens (primary N) is 1. The molecule has 0 amide bonds. The maximum Gasteiger partial charge on any atom is 0.0924 e. The number of rotatable bonds is 1. The molecule has 0 unspecified atom stereocenters. The second kappa shape index (κ2) is 3.81. The highest BCUT2D eigenvalue weighted by molar-refractivity contribution is 5.81. The summed E-state index contributed by atoms with van der Waals surface area (Å²) in [6.45, 7) is 0. The first-order chi connectivity index (χ1) is 7.83. The minimum Gasteiger partial charge on any atom is -0.399 e. The Kier molecular flexibility index (Phi) is 2.31. The maximum atomic E-state index is 5.77. The van der Waals surface area contributed by atoms with E-state index in [0.717, 1.165) is 16.6 Å². The fourth-order valence-electron chi connectivity index (χ4n) is 2.60. The standard InChI is InChI=1S/C13H17N3/c14-11-6-7-13-10(8-11)9-16(15-13)12-4-2-1-3-5-12/h6-9,12H,1-5,14H2. The summed E-state index contributed by atoms with van der Waals surface area (Å²) >= 11 is 0. The first kappa shape index (κ1) is 9.70. The molecule has 1 aromatic heterocycles. The molecule has 1 aliphatic carbocycles. The molecule has 0 aliphatic heterocycles. The van der Waals surface area contributed by atoms with E-state index < -0.39 is 0 Å². The van der Waals surface area contributed by atoms with Crippen molar-refractivity contribution in [3.63, 3.8) is 0 Å². The normalized spacial score (nSPS) is 18.0. The number of aromatic nitrogens is 2. The van der Waals surface area contributed by atoms with Crippen LogP contribution in [0.2, 0.25) is 0 Å². The van der Waals surface area contributed by atoms with E-state index in [2.05, 4.69) is 16.0 Å². The zero-order valence-electron chi connectivity index (χ0n) is 9.39. The third-order valence-corrected chi connectivity index (χ3v) is 3.49. The highest BCUT2D eigenvalue weighted by Crippen LogP contribution is 2.29. The predicted octanol–water partition coefficient (Wildman–Crippen LogP) is 3.12. The number of hydrogen-bond acceptors (Lipinski definition) is 2. The Bertz CT molecular complexity index is 495. The lowest BCUT2D eigenvalue weighted by Gasteiger charge is -2.21. The van der Waals surface area contributed by atoms with Gasteiger partial charge < -0.3 is 5.73 Å². The molecular formula is C13H17N3. The van der Waals surface area contributed by atoms with Gasteiger partial charge in [0.05, 0.1) is 11.6 Å². The molecule has 1 heterocycles. The molecule has 3 heteroatoms. The van der Waals surface area contributed by atoms with Crippen LogP contribution in [0.5, 0.6) is 0 Å². The highest BCUT2D eigenvalue weighted by atomic mass is 15.3. The van der Waals surface area contributed by atoms with Crippen molar-refractivity contribution in [3.05, 3.63) is 24.4 Å². The van der Waals surface area contributed by atoms with Crippen LogP contribution in [0.25, 0.3) is 10.9 Å². The van der Waals surface area contributed by atoms with Gasteiger partial charge in [-0.1, -0.05) is 19.3 Å². The molecule has 2 aromatic rings. The summed E-state index contributed by atoms with van der Waals surface area (Å²) in [7, 11) is 0. The number of nitrogen functional groups attached to an aromatic ring is 1. The van der Waals surface area contributed by atoms with Gasteiger partial charge in [0, 0.05) is 17.3 Å². The van der Waals surface area contributed by atoms with E-state index in [1.165, 1.54) is 32.1 Å². The summed E-state index contributed by atoms with van der Waals surface area (Å²) in [5.41, 5.74) is 7.65. The van der Waals surface area contributed by atoms with Crippen LogP contribution in [0.1, 0.15) is 38.1 Å². The molecule has 3 rings (SSSR count). The van der Waals surface area contributed by atoms with Gasteiger partial charge >= 0.3 is 0 Å². The molecule has 0 bridgehead atoms. The van der Waals surface area contributed by atoms with Crippen LogP contribution in [-0.2, 0) is 0 Å². The largest absolute Gasteiger partial charge is 0.399 e. The van der Waals surface area contributed by atoms with Gasteiger partial charge in [-0.05, 0) is 31.0 Å². The van der Waals surface area contributed by atoms with Crippen molar-refractivity contribution < 1.29 is 0 Å². The van der Waals surface area contributed by atoms with Crippen LogP contribution in [0.3, 0.4) is 0 Å². The minimum atomic E-state index is 0.599. The van der Waals surface area contributed by atoms with E-state index >= 15 is 0 Å². The molecule has 16 heavy (non-hydrogen) atoms. The van der Waals surface area contributed by atoms with Gasteiger partial charge in [-0.15, -0.1) is 0 Å². The molecule has 1 saturated carbocycles. The molecule has 0 spiro atoms. The quantitative estimate of drug-likeness (QED) is 0.743. The molecule has 3 nitrogen and oxygen atoms in total. The molecule has 1 aliphatic rings. The second-order valence-electron chi connectivity index (χ2n) is 4.72. The van der Waals surface area contributed by atoms with Crippen LogP contribution in [0.4, 0.5) is 5.69 Å². The summed E-state index contributed by atoms with van der Waals surface area (Å²) in [6.07, 6.45) is 8.73. The van der Waals surface area contributed by atoms with Gasteiger partial charge in [0.2, 0.25) is 0 Å². The number of benzene rings is 1. The maximum absolute atomic E-state index is 5.77. The third kappa shape index (κ3) is 1.66. The molecule has 2 N–H and O–H groups in total. The fourth-order valence-corrected chi connectivity index (χ4v) is 2.60. The Balaban J connectivity index is 1.97. The number of fused-ring (bicyclic) bond motifs is 1. The minimum absolute atomic E-state index is 0.599. The molecule has 0 radical (unpaired) electrons. The number of hydrogen-bond donors (Lipinski definition) is 1. The van der Waals surface area contributed by atoms with E-state index in [1.54, 1.807) is 0 Å². The van der Waals surface area contributed by atoms with Gasteiger partial charge in [-0.3, -0.25) is 4.68 Å². The molecule has 1 fully saturated rings. The van der Waals surface area contributed by atoms with Gasteiger partial charge in [0.1, 0.15) is 0 Å². The smallest absolute Gasteiger partial charge is 0.0924 e. The van der Waals surface area contributed by atoms with E-state index in [9.17, 15) is 0 Å². The van der Waals surface area contributed by atoms with Gasteiger partial charge in [-0.25, -0.2) is 0 Å². The lowest BCUT2D eigenvalue weighted by molar-refractivity contribution is 0.331. The average molecular weight is 215 g/mol. The summed E-state index contributed by atoms with van der Waals surface area (Å²) in [5, 5.41) is 5.80. The highest BCUT2D eigenvalue weighted by Gasteiger charge is 2.16. The van der Waals surface area contributed by atoms with Gasteiger partial charge in [0.25, 0.3) is 0 Å². The van der Waals surface area contributed by atoms with Crippen molar-refractivity contribution in [1.82, 2.24) is 9.78 Å². The third-order valence-electron chi connectivity index (χ3n) is 3.49. The fraction of sp³-hybridized carbons (Fsp3) is 0.462. The van der Waals surface area contributed by atoms with Crippen molar-refractivity contribution in [2.45, 2.75) is 38.1 Å². The Hall–Kier alpha value is -1.51. The lowest BCUT2D eigenvalue weighted by Crippen LogP contribution is -2.12. The Labute approximate surface area is 95.2 Å². The molecule has 84 valence electrons. The summed E-state index contributed by atoms with van der Waals surface area (Å²) < 4.78 is 2.14. The topological polar surface area (TPSA) is 43.8 Å². The Morgan fingerprint density at radius 2 is 2.00 bits per heavy atom. The van der Waals surface area contributed by atoms with E-state index in [0.29, 0.717) is 6.04 Å². The van der Waals surface area contributed by atoms with E-state index in [1.807, 2.05) is 18.2 Å². The van der Waals surface area contributed by atoms with Crippen LogP contribution in [-0.4, -0.2) is 9.78 Å². The van der Waals surface area contributed by atoms with Gasteiger partial charge in [-0.2, -0.15) is 5.10 Å². The zero-order chi connectivity index (χ0) is 11.0.